The van der Waals surface area contributed by atoms with Crippen LogP contribution in [0.25, 0.3) is 0 Å². The van der Waals surface area contributed by atoms with Crippen molar-refractivity contribution in [2.24, 2.45) is 0 Å². The molecule has 1 saturated heterocycles. The molecule has 0 spiro atoms. The summed E-state index contributed by atoms with van der Waals surface area (Å²) >= 11 is 1.08. The summed E-state index contributed by atoms with van der Waals surface area (Å²) in [7, 11) is 0. The van der Waals surface area contributed by atoms with Gasteiger partial charge in [-0.2, -0.15) is 0 Å². The number of imide groups is 1. The summed E-state index contributed by atoms with van der Waals surface area (Å²) in [5.74, 6) is -1.44. The molecule has 11 heteroatoms. The highest BCUT2D eigenvalue weighted by atomic mass is 32.1. The molecule has 4 rings (SSSR count). The normalized spacial score (nSPS) is 16.7. The highest BCUT2D eigenvalue weighted by molar-refractivity contribution is 7.14. The summed E-state index contributed by atoms with van der Waals surface area (Å²) in [5, 5.41) is 16.0. The van der Waals surface area contributed by atoms with Crippen LogP contribution >= 0.6 is 11.3 Å². The molecule has 3 atom stereocenters. The number of thiazole rings is 1. The predicted molar refractivity (Wildman–Crippen MR) is 137 cm³/mol. The fourth-order valence-electron chi connectivity index (χ4n) is 4.08. The van der Waals surface area contributed by atoms with Crippen molar-refractivity contribution in [2.75, 3.05) is 18.5 Å². The molecular formula is C26H26N4O6S. The Morgan fingerprint density at radius 3 is 2.49 bits per heavy atom. The molecule has 3 aromatic rings. The van der Waals surface area contributed by atoms with Crippen molar-refractivity contribution in [3.63, 3.8) is 0 Å². The van der Waals surface area contributed by atoms with Crippen LogP contribution in [0.5, 0.6) is 5.75 Å². The lowest BCUT2D eigenvalue weighted by molar-refractivity contribution is -0.134. The number of nitrogens with one attached hydrogen (secondary N) is 2. The number of urea groups is 1. The van der Waals surface area contributed by atoms with Crippen molar-refractivity contribution < 1.29 is 29.0 Å². The van der Waals surface area contributed by atoms with Crippen LogP contribution in [-0.2, 0) is 9.59 Å². The molecule has 2 heterocycles. The van der Waals surface area contributed by atoms with Crippen molar-refractivity contribution in [2.45, 2.75) is 31.8 Å². The van der Waals surface area contributed by atoms with Gasteiger partial charge in [0.05, 0.1) is 6.61 Å². The fraction of sp³-hybridized carbons (Fsp3) is 0.269. The Balaban J connectivity index is 1.62. The molecule has 37 heavy (non-hydrogen) atoms. The SMILES string of the molecule is CC(=O)c1csc(NC(=O)[C@H]([C@@H](C)c2ccccc2)N2C(=O)N[C@H](c3ccc(OCCO)cc3)C2=O)n1. The molecule has 0 unspecified atom stereocenters. The summed E-state index contributed by atoms with van der Waals surface area (Å²) in [5.41, 5.74) is 1.50. The van der Waals surface area contributed by atoms with E-state index in [0.717, 1.165) is 21.8 Å². The molecule has 192 valence electrons. The molecule has 1 aliphatic rings. The summed E-state index contributed by atoms with van der Waals surface area (Å²) < 4.78 is 5.35. The molecular weight excluding hydrogens is 496 g/mol. The van der Waals surface area contributed by atoms with Gasteiger partial charge in [0, 0.05) is 18.2 Å². The second kappa shape index (κ2) is 11.3. The molecule has 1 aromatic heterocycles. The van der Waals surface area contributed by atoms with Crippen LogP contribution in [0, 0.1) is 0 Å². The van der Waals surface area contributed by atoms with Crippen LogP contribution in [0.2, 0.25) is 0 Å². The number of hydrogen-bond acceptors (Lipinski definition) is 8. The zero-order valence-corrected chi connectivity index (χ0v) is 21.0. The van der Waals surface area contributed by atoms with Crippen molar-refractivity contribution in [3.8, 4) is 5.75 Å². The van der Waals surface area contributed by atoms with Crippen LogP contribution in [0.15, 0.2) is 60.0 Å². The van der Waals surface area contributed by atoms with Gasteiger partial charge >= 0.3 is 6.03 Å². The minimum atomic E-state index is -1.18. The first-order chi connectivity index (χ1) is 17.8. The number of ether oxygens (including phenoxy) is 1. The Morgan fingerprint density at radius 1 is 1.16 bits per heavy atom. The van der Waals surface area contributed by atoms with E-state index in [1.54, 1.807) is 31.2 Å². The van der Waals surface area contributed by atoms with E-state index in [1.807, 2.05) is 30.3 Å². The largest absolute Gasteiger partial charge is 0.491 e. The number of carbonyl (C=O) groups excluding carboxylic acids is 4. The number of ketones is 1. The lowest BCUT2D eigenvalue weighted by atomic mass is 9.91. The average Bonchev–Trinajstić information content (AvgIpc) is 3.48. The van der Waals surface area contributed by atoms with Gasteiger partial charge in [-0.15, -0.1) is 11.3 Å². The molecule has 1 fully saturated rings. The molecule has 1 aliphatic heterocycles. The van der Waals surface area contributed by atoms with Gasteiger partial charge in [-0.25, -0.2) is 14.7 Å². The molecule has 0 aliphatic carbocycles. The molecule has 0 bridgehead atoms. The number of benzene rings is 2. The van der Waals surface area contributed by atoms with E-state index in [9.17, 15) is 19.2 Å². The number of hydrogen-bond donors (Lipinski definition) is 3. The van der Waals surface area contributed by atoms with Crippen molar-refractivity contribution in [3.05, 3.63) is 76.8 Å². The molecule has 0 radical (unpaired) electrons. The van der Waals surface area contributed by atoms with E-state index in [1.165, 1.54) is 12.3 Å². The van der Waals surface area contributed by atoms with E-state index < -0.39 is 35.8 Å². The summed E-state index contributed by atoms with van der Waals surface area (Å²) in [6.07, 6.45) is 0. The van der Waals surface area contributed by atoms with E-state index in [2.05, 4.69) is 15.6 Å². The molecule has 2 aromatic carbocycles. The Hall–Kier alpha value is -4.09. The van der Waals surface area contributed by atoms with Crippen molar-refractivity contribution in [1.29, 1.82) is 0 Å². The number of nitrogens with zero attached hydrogens (tertiary/aromatic N) is 2. The first-order valence-corrected chi connectivity index (χ1v) is 12.5. The number of carbonyl (C=O) groups is 4. The zero-order valence-electron chi connectivity index (χ0n) is 20.2. The monoisotopic (exact) mass is 522 g/mol. The van der Waals surface area contributed by atoms with Crippen LogP contribution in [0.3, 0.4) is 0 Å². The Kier molecular flexibility index (Phi) is 7.95. The van der Waals surface area contributed by atoms with Gasteiger partial charge in [0.2, 0.25) is 5.91 Å². The van der Waals surface area contributed by atoms with Crippen LogP contribution in [-0.4, -0.2) is 57.9 Å². The highest BCUT2D eigenvalue weighted by Crippen LogP contribution is 2.32. The van der Waals surface area contributed by atoms with Gasteiger partial charge in [0.15, 0.2) is 10.9 Å². The minimum Gasteiger partial charge on any atom is -0.491 e. The Bertz CT molecular complexity index is 1290. The number of anilines is 1. The van der Waals surface area contributed by atoms with E-state index in [-0.39, 0.29) is 29.8 Å². The second-order valence-corrected chi connectivity index (χ2v) is 9.32. The first-order valence-electron chi connectivity index (χ1n) is 11.6. The summed E-state index contributed by atoms with van der Waals surface area (Å²) in [4.78, 5) is 56.9. The standard InChI is InChI=1S/C26H26N4O6S/c1-15(17-6-4-3-5-7-17)22(23(33)29-25-27-20(14-37-25)16(2)32)30-24(34)21(28-26(30)35)18-8-10-19(11-9-18)36-13-12-31/h3-11,14-15,21-22,31H,12-13H2,1-2H3,(H,28,35)(H,27,29,33)/t15-,21+,22-/m0/s1. The van der Waals surface area contributed by atoms with Gasteiger partial charge in [-0.3, -0.25) is 14.4 Å². The van der Waals surface area contributed by atoms with Gasteiger partial charge in [-0.05, 0) is 23.3 Å². The molecule has 3 N–H and O–H groups in total. The third-order valence-corrected chi connectivity index (χ3v) is 6.74. The maximum atomic E-state index is 13.5. The number of rotatable bonds is 10. The number of Topliss-reactive ketones (excluding diaryl/α,β-unsaturated/α-hetero) is 1. The minimum absolute atomic E-state index is 0.131. The van der Waals surface area contributed by atoms with Crippen LogP contribution < -0.4 is 15.4 Å². The van der Waals surface area contributed by atoms with E-state index in [0.29, 0.717) is 11.3 Å². The van der Waals surface area contributed by atoms with E-state index >= 15 is 0 Å². The third kappa shape index (κ3) is 5.68. The Labute approximate surface area is 217 Å². The fourth-order valence-corrected chi connectivity index (χ4v) is 4.83. The van der Waals surface area contributed by atoms with Gasteiger partial charge < -0.3 is 20.5 Å². The quantitative estimate of drug-likeness (QED) is 0.275. The van der Waals surface area contributed by atoms with Crippen LogP contribution in [0.1, 0.15) is 47.4 Å². The van der Waals surface area contributed by atoms with Gasteiger partial charge in [0.25, 0.3) is 5.91 Å². The first kappa shape index (κ1) is 26.0. The van der Waals surface area contributed by atoms with Crippen LogP contribution in [0.4, 0.5) is 9.93 Å². The highest BCUT2D eigenvalue weighted by Gasteiger charge is 2.47. The summed E-state index contributed by atoms with van der Waals surface area (Å²) in [6.45, 7) is 3.14. The predicted octanol–water partition coefficient (Wildman–Crippen LogP) is 3.12. The zero-order chi connectivity index (χ0) is 26.5. The number of aromatic nitrogens is 1. The third-order valence-electron chi connectivity index (χ3n) is 5.99. The van der Waals surface area contributed by atoms with Gasteiger partial charge in [0.1, 0.15) is 30.1 Å². The maximum Gasteiger partial charge on any atom is 0.325 e. The Morgan fingerprint density at radius 2 is 1.86 bits per heavy atom. The smallest absolute Gasteiger partial charge is 0.325 e. The summed E-state index contributed by atoms with van der Waals surface area (Å²) in [6, 6.07) is 12.8. The number of aliphatic hydroxyl groups excluding tert-OH is 1. The van der Waals surface area contributed by atoms with Crippen molar-refractivity contribution >= 4 is 40.1 Å². The molecule has 10 nitrogen and oxygen atoms in total. The number of amides is 4. The topological polar surface area (TPSA) is 138 Å². The second-order valence-electron chi connectivity index (χ2n) is 8.46. The van der Waals surface area contributed by atoms with Crippen molar-refractivity contribution in [1.82, 2.24) is 15.2 Å². The lowest BCUT2D eigenvalue weighted by Gasteiger charge is -2.29. The van der Waals surface area contributed by atoms with E-state index in [4.69, 9.17) is 9.84 Å². The van der Waals surface area contributed by atoms with Gasteiger partial charge in [-0.1, -0.05) is 49.4 Å². The average molecular weight is 523 g/mol. The maximum absolute atomic E-state index is 13.5. The molecule has 4 amide bonds. The molecule has 0 saturated carbocycles. The lowest BCUT2D eigenvalue weighted by Crippen LogP contribution is -2.50. The number of aliphatic hydroxyl groups is 1.